The van der Waals surface area contributed by atoms with E-state index in [9.17, 15) is 14.4 Å². The van der Waals surface area contributed by atoms with Crippen molar-refractivity contribution in [1.29, 1.82) is 0 Å². The number of Topliss-reactive ketones (excluding diaryl/α,β-unsaturated/α-hetero) is 1. The number of hydrogen-bond donors (Lipinski definition) is 2. The number of thiazole rings is 1. The third kappa shape index (κ3) is 9.81. The molecular formula is C35H47N5O3S. The summed E-state index contributed by atoms with van der Waals surface area (Å²) in [6, 6.07) is 16.0. The summed E-state index contributed by atoms with van der Waals surface area (Å²) in [6.45, 7) is 12.8. The molecule has 0 spiro atoms. The number of fused-ring (bicyclic) bond motifs is 1. The molecule has 0 unspecified atom stereocenters. The molecule has 0 aliphatic carbocycles. The van der Waals surface area contributed by atoms with Crippen LogP contribution in [0.25, 0.3) is 10.2 Å². The standard InChI is InChI=1S/C35H47N5O3S/c1-24(2)27-11-13-30-32(20-27)44-34(38-30)22-28(21-33(42)36-4)35(43)37-29(19-26-9-7-6-8-10-26)12-14-31(41)25(3)23-40-17-15-39(5)16-18-40/h6-11,13,20,24,28-29H,3,12,14-19,21-23H2,1-2,4-5H3,(H,36,42)(H,37,43)/t28-,29+/m0/s1. The van der Waals surface area contributed by atoms with Gasteiger partial charge in [-0.2, -0.15) is 0 Å². The molecule has 0 bridgehead atoms. The summed E-state index contributed by atoms with van der Waals surface area (Å²) in [6.07, 6.45) is 1.83. The Kier molecular flexibility index (Phi) is 12.2. The van der Waals surface area contributed by atoms with E-state index >= 15 is 0 Å². The molecule has 0 radical (unpaired) electrons. The Balaban J connectivity index is 1.45. The van der Waals surface area contributed by atoms with Crippen LogP contribution in [0.2, 0.25) is 0 Å². The summed E-state index contributed by atoms with van der Waals surface area (Å²) < 4.78 is 1.09. The molecule has 2 aromatic carbocycles. The molecule has 1 aromatic heterocycles. The molecule has 2 atom stereocenters. The zero-order valence-electron chi connectivity index (χ0n) is 26.6. The van der Waals surface area contributed by atoms with Gasteiger partial charge in [-0.25, -0.2) is 4.98 Å². The molecule has 2 amide bonds. The van der Waals surface area contributed by atoms with Crippen molar-refractivity contribution >= 4 is 39.2 Å². The molecule has 1 saturated heterocycles. The summed E-state index contributed by atoms with van der Waals surface area (Å²) in [4.78, 5) is 48.8. The first-order valence-electron chi connectivity index (χ1n) is 15.7. The second-order valence-corrected chi connectivity index (χ2v) is 13.4. The molecular weight excluding hydrogens is 570 g/mol. The first-order chi connectivity index (χ1) is 21.1. The Labute approximate surface area is 265 Å². The predicted octanol–water partition coefficient (Wildman–Crippen LogP) is 4.59. The lowest BCUT2D eigenvalue weighted by atomic mass is 9.95. The van der Waals surface area contributed by atoms with Gasteiger partial charge in [0.1, 0.15) is 0 Å². The highest BCUT2D eigenvalue weighted by molar-refractivity contribution is 7.18. The monoisotopic (exact) mass is 617 g/mol. The zero-order chi connectivity index (χ0) is 31.6. The van der Waals surface area contributed by atoms with Crippen LogP contribution in [0.5, 0.6) is 0 Å². The number of nitrogens with zero attached hydrogens (tertiary/aromatic N) is 3. The van der Waals surface area contributed by atoms with E-state index in [1.165, 1.54) is 5.56 Å². The average Bonchev–Trinajstić information content (AvgIpc) is 3.42. The molecule has 8 nitrogen and oxygen atoms in total. The van der Waals surface area contributed by atoms with Crippen molar-refractivity contribution in [2.45, 2.75) is 57.9 Å². The van der Waals surface area contributed by atoms with Gasteiger partial charge in [0.15, 0.2) is 5.78 Å². The Morgan fingerprint density at radius 1 is 1.02 bits per heavy atom. The van der Waals surface area contributed by atoms with Crippen molar-refractivity contribution in [2.75, 3.05) is 46.8 Å². The molecule has 0 saturated carbocycles. The van der Waals surface area contributed by atoms with Crippen LogP contribution >= 0.6 is 11.3 Å². The average molecular weight is 618 g/mol. The number of likely N-dealkylation sites (N-methyl/N-ethyl adjacent to an activating group) is 1. The number of benzene rings is 2. The number of hydrogen-bond acceptors (Lipinski definition) is 7. The lowest BCUT2D eigenvalue weighted by Crippen LogP contribution is -2.45. The van der Waals surface area contributed by atoms with Crippen LogP contribution in [0.15, 0.2) is 60.7 Å². The first-order valence-corrected chi connectivity index (χ1v) is 16.5. The maximum atomic E-state index is 13.8. The highest BCUT2D eigenvalue weighted by atomic mass is 32.1. The van der Waals surface area contributed by atoms with Gasteiger partial charge in [0.2, 0.25) is 11.8 Å². The molecule has 4 rings (SSSR count). The lowest BCUT2D eigenvalue weighted by Gasteiger charge is -2.32. The maximum absolute atomic E-state index is 13.8. The minimum absolute atomic E-state index is 0.0355. The van der Waals surface area contributed by atoms with Gasteiger partial charge < -0.3 is 15.5 Å². The Morgan fingerprint density at radius 3 is 2.43 bits per heavy atom. The van der Waals surface area contributed by atoms with Crippen LogP contribution < -0.4 is 10.6 Å². The molecule has 9 heteroatoms. The maximum Gasteiger partial charge on any atom is 0.224 e. The van der Waals surface area contributed by atoms with Crippen molar-refractivity contribution < 1.29 is 14.4 Å². The van der Waals surface area contributed by atoms with Gasteiger partial charge in [-0.1, -0.05) is 56.8 Å². The van der Waals surface area contributed by atoms with E-state index in [0.29, 0.717) is 43.7 Å². The number of piperazine rings is 1. The highest BCUT2D eigenvalue weighted by Crippen LogP contribution is 2.28. The van der Waals surface area contributed by atoms with E-state index in [1.54, 1.807) is 18.4 Å². The lowest BCUT2D eigenvalue weighted by molar-refractivity contribution is -0.130. The number of carbonyl (C=O) groups excluding carboxylic acids is 3. The normalized spacial score (nSPS) is 15.7. The first kappa shape index (κ1) is 33.5. The van der Waals surface area contributed by atoms with E-state index in [4.69, 9.17) is 4.98 Å². The van der Waals surface area contributed by atoms with Crippen LogP contribution in [0.1, 0.15) is 55.2 Å². The second-order valence-electron chi connectivity index (χ2n) is 12.3. The largest absolute Gasteiger partial charge is 0.359 e. The molecule has 3 aromatic rings. The fourth-order valence-corrected chi connectivity index (χ4v) is 6.61. The second kappa shape index (κ2) is 16.1. The number of carbonyl (C=O) groups is 3. The smallest absolute Gasteiger partial charge is 0.224 e. The molecule has 44 heavy (non-hydrogen) atoms. The third-order valence-corrected chi connectivity index (χ3v) is 9.46. The third-order valence-electron chi connectivity index (χ3n) is 8.42. The summed E-state index contributed by atoms with van der Waals surface area (Å²) in [5, 5.41) is 6.71. The molecule has 1 aliphatic heterocycles. The number of amides is 2. The highest BCUT2D eigenvalue weighted by Gasteiger charge is 2.27. The van der Waals surface area contributed by atoms with Gasteiger partial charge in [0.25, 0.3) is 0 Å². The van der Waals surface area contributed by atoms with Gasteiger partial charge >= 0.3 is 0 Å². The minimum Gasteiger partial charge on any atom is -0.359 e. The Hall–Kier alpha value is -3.40. The molecule has 2 heterocycles. The van der Waals surface area contributed by atoms with Crippen LogP contribution in [0.4, 0.5) is 0 Å². The van der Waals surface area contributed by atoms with E-state index in [0.717, 1.165) is 47.0 Å². The molecule has 2 N–H and O–H groups in total. The topological polar surface area (TPSA) is 94.6 Å². The number of ketones is 1. The van der Waals surface area contributed by atoms with Crippen LogP contribution in [-0.4, -0.2) is 85.2 Å². The number of nitrogens with one attached hydrogen (secondary N) is 2. The zero-order valence-corrected chi connectivity index (χ0v) is 27.4. The van der Waals surface area contributed by atoms with E-state index in [2.05, 4.69) is 60.0 Å². The van der Waals surface area contributed by atoms with Gasteiger partial charge in [0.05, 0.1) is 21.1 Å². The fraction of sp³-hybridized carbons (Fsp3) is 0.486. The Bertz CT molecular complexity index is 1430. The summed E-state index contributed by atoms with van der Waals surface area (Å²) in [7, 11) is 3.69. The summed E-state index contributed by atoms with van der Waals surface area (Å²) in [5.41, 5.74) is 3.85. The SMILES string of the molecule is C=C(CN1CCN(C)CC1)C(=O)CC[C@H](Cc1ccccc1)NC(=O)[C@@H](CC(=O)NC)Cc1nc2ccc(C(C)C)cc2s1. The number of aromatic nitrogens is 1. The van der Waals surface area contributed by atoms with Gasteiger partial charge in [-0.3, -0.25) is 19.3 Å². The van der Waals surface area contributed by atoms with E-state index < -0.39 is 5.92 Å². The van der Waals surface area contributed by atoms with Crippen molar-refractivity contribution in [1.82, 2.24) is 25.4 Å². The quantitative estimate of drug-likeness (QED) is 0.242. The molecule has 1 fully saturated rings. The van der Waals surface area contributed by atoms with E-state index in [1.807, 2.05) is 36.4 Å². The fourth-order valence-electron chi connectivity index (χ4n) is 5.52. The van der Waals surface area contributed by atoms with Crippen molar-refractivity contribution in [3.63, 3.8) is 0 Å². The van der Waals surface area contributed by atoms with Crippen LogP contribution in [-0.2, 0) is 27.2 Å². The van der Waals surface area contributed by atoms with Crippen LogP contribution in [0.3, 0.4) is 0 Å². The van der Waals surface area contributed by atoms with Gasteiger partial charge in [-0.05, 0) is 49.1 Å². The van der Waals surface area contributed by atoms with Gasteiger partial charge in [0, 0.05) is 70.6 Å². The van der Waals surface area contributed by atoms with Crippen LogP contribution in [0, 0.1) is 5.92 Å². The van der Waals surface area contributed by atoms with Crippen molar-refractivity contribution in [3.05, 3.63) is 76.8 Å². The van der Waals surface area contributed by atoms with Gasteiger partial charge in [-0.15, -0.1) is 11.3 Å². The molecule has 236 valence electrons. The van der Waals surface area contributed by atoms with E-state index in [-0.39, 0.29) is 30.1 Å². The molecule has 1 aliphatic rings. The minimum atomic E-state index is -0.582. The summed E-state index contributed by atoms with van der Waals surface area (Å²) in [5.74, 6) is -0.521. The summed E-state index contributed by atoms with van der Waals surface area (Å²) >= 11 is 1.58. The predicted molar refractivity (Wildman–Crippen MR) is 179 cm³/mol. The van der Waals surface area contributed by atoms with Crippen molar-refractivity contribution in [2.24, 2.45) is 5.92 Å². The number of rotatable bonds is 15. The van der Waals surface area contributed by atoms with Crippen molar-refractivity contribution in [3.8, 4) is 0 Å². The Morgan fingerprint density at radius 2 is 1.75 bits per heavy atom.